The van der Waals surface area contributed by atoms with E-state index in [0.717, 1.165) is 6.54 Å². The van der Waals surface area contributed by atoms with E-state index >= 15 is 0 Å². The summed E-state index contributed by atoms with van der Waals surface area (Å²) in [4.78, 5) is 0. The molecule has 0 saturated carbocycles. The number of para-hydroxylation sites is 1. The molecule has 15 heavy (non-hydrogen) atoms. The quantitative estimate of drug-likeness (QED) is 0.683. The molecule has 0 fully saturated rings. The van der Waals surface area contributed by atoms with Crippen molar-refractivity contribution < 1.29 is 0 Å². The first-order chi connectivity index (χ1) is 7.47. The van der Waals surface area contributed by atoms with Crippen LogP contribution in [0.3, 0.4) is 0 Å². The van der Waals surface area contributed by atoms with Crippen molar-refractivity contribution in [1.82, 2.24) is 0 Å². The molecule has 0 bridgehead atoms. The average molecular weight is 197 g/mol. The molecule has 1 nitrogen and oxygen atoms in total. The monoisotopic (exact) mass is 197 g/mol. The number of nitrogens with one attached hydrogen (secondary N) is 1. The van der Waals surface area contributed by atoms with Crippen LogP contribution in [0.1, 0.15) is 5.56 Å². The molecule has 2 aromatic rings. The maximum Gasteiger partial charge on any atom is 0.0373 e. The molecular formula is C14H15N. The van der Waals surface area contributed by atoms with E-state index < -0.39 is 0 Å². The lowest BCUT2D eigenvalue weighted by molar-refractivity contribution is 1.11. The van der Waals surface area contributed by atoms with E-state index in [4.69, 9.17) is 0 Å². The van der Waals surface area contributed by atoms with Crippen LogP contribution in [0.4, 0.5) is 5.69 Å². The lowest BCUT2D eigenvalue weighted by atomic mass is 10.2. The van der Waals surface area contributed by atoms with Crippen LogP contribution in [0.2, 0.25) is 0 Å². The molecule has 0 aromatic heterocycles. The number of fused-ring (bicyclic) bond motifs is 1. The topological polar surface area (TPSA) is 12.0 Å². The first-order valence-electron chi connectivity index (χ1n) is 5.28. The van der Waals surface area contributed by atoms with E-state index in [1.165, 1.54) is 17.7 Å². The number of rotatable bonds is 0. The maximum atomic E-state index is 3.30. The van der Waals surface area contributed by atoms with Gasteiger partial charge in [0.05, 0.1) is 0 Å². The molecule has 0 spiro atoms. The van der Waals surface area contributed by atoms with Crippen molar-refractivity contribution in [1.29, 1.82) is 0 Å². The number of hydrogen-bond donors (Lipinski definition) is 1. The summed E-state index contributed by atoms with van der Waals surface area (Å²) in [7, 11) is 0. The molecule has 1 aliphatic rings. The van der Waals surface area contributed by atoms with Gasteiger partial charge in [0, 0.05) is 12.2 Å². The van der Waals surface area contributed by atoms with Gasteiger partial charge in [-0.15, -0.1) is 0 Å². The minimum Gasteiger partial charge on any atom is -0.384 e. The van der Waals surface area contributed by atoms with Gasteiger partial charge in [0.1, 0.15) is 0 Å². The Balaban J connectivity index is 0.000000124. The second kappa shape index (κ2) is 5.20. The summed E-state index contributed by atoms with van der Waals surface area (Å²) in [6, 6.07) is 20.5. The lowest BCUT2D eigenvalue weighted by Gasteiger charge is -1.94. The summed E-state index contributed by atoms with van der Waals surface area (Å²) in [6.45, 7) is 1.11. The highest BCUT2D eigenvalue weighted by atomic mass is 14.9. The van der Waals surface area contributed by atoms with Crippen LogP contribution in [0.15, 0.2) is 60.7 Å². The van der Waals surface area contributed by atoms with Crippen LogP contribution < -0.4 is 5.32 Å². The Morgan fingerprint density at radius 3 is 1.93 bits per heavy atom. The first kappa shape index (κ1) is 9.78. The second-order valence-electron chi connectivity index (χ2n) is 3.49. The fourth-order valence-corrected chi connectivity index (χ4v) is 1.63. The number of hydrogen-bond acceptors (Lipinski definition) is 1. The Morgan fingerprint density at radius 1 is 0.733 bits per heavy atom. The SMILES string of the molecule is c1ccc2c(c1)CCN2.c1ccccc1. The van der Waals surface area contributed by atoms with Crippen molar-refractivity contribution in [2.24, 2.45) is 0 Å². The Bertz CT molecular complexity index is 345. The van der Waals surface area contributed by atoms with Crippen molar-refractivity contribution in [3.05, 3.63) is 66.2 Å². The van der Waals surface area contributed by atoms with Gasteiger partial charge in [-0.1, -0.05) is 54.6 Å². The third-order valence-corrected chi connectivity index (χ3v) is 2.39. The summed E-state index contributed by atoms with van der Waals surface area (Å²) in [6.07, 6.45) is 1.19. The van der Waals surface area contributed by atoms with Gasteiger partial charge in [-0.05, 0) is 18.1 Å². The van der Waals surface area contributed by atoms with Crippen molar-refractivity contribution in [3.8, 4) is 0 Å². The van der Waals surface area contributed by atoms with Crippen LogP contribution in [0, 0.1) is 0 Å². The molecule has 0 radical (unpaired) electrons. The van der Waals surface area contributed by atoms with Crippen molar-refractivity contribution in [3.63, 3.8) is 0 Å². The van der Waals surface area contributed by atoms with Crippen LogP contribution >= 0.6 is 0 Å². The van der Waals surface area contributed by atoms with Crippen molar-refractivity contribution in [2.75, 3.05) is 11.9 Å². The van der Waals surface area contributed by atoms with E-state index in [0.29, 0.717) is 0 Å². The maximum absolute atomic E-state index is 3.30. The van der Waals surface area contributed by atoms with Crippen LogP contribution in [0.25, 0.3) is 0 Å². The molecule has 0 unspecified atom stereocenters. The summed E-state index contributed by atoms with van der Waals surface area (Å²) >= 11 is 0. The fraction of sp³-hybridized carbons (Fsp3) is 0.143. The van der Waals surface area contributed by atoms with E-state index in [2.05, 4.69) is 29.6 Å². The third kappa shape index (κ3) is 2.84. The zero-order valence-electron chi connectivity index (χ0n) is 8.69. The lowest BCUT2D eigenvalue weighted by Crippen LogP contribution is -1.90. The predicted octanol–water partition coefficient (Wildman–Crippen LogP) is 3.34. The fourth-order valence-electron chi connectivity index (χ4n) is 1.63. The highest BCUT2D eigenvalue weighted by Gasteiger charge is 2.05. The molecule has 1 N–H and O–H groups in total. The summed E-state index contributed by atoms with van der Waals surface area (Å²) in [5.74, 6) is 0. The minimum absolute atomic E-state index is 1.11. The smallest absolute Gasteiger partial charge is 0.0373 e. The summed E-state index contributed by atoms with van der Waals surface area (Å²) < 4.78 is 0. The summed E-state index contributed by atoms with van der Waals surface area (Å²) in [5.41, 5.74) is 2.77. The standard InChI is InChI=1S/C8H9N.C6H6/c1-2-4-8-7(3-1)5-6-9-8;1-2-4-6-5-3-1/h1-4,9H,5-6H2;1-6H. The van der Waals surface area contributed by atoms with Crippen molar-refractivity contribution in [2.45, 2.75) is 6.42 Å². The summed E-state index contributed by atoms with van der Waals surface area (Å²) in [5, 5.41) is 3.30. The van der Waals surface area contributed by atoms with Crippen LogP contribution in [-0.2, 0) is 6.42 Å². The van der Waals surface area contributed by atoms with E-state index in [1.807, 2.05) is 36.4 Å². The minimum atomic E-state index is 1.11. The van der Waals surface area contributed by atoms with Crippen LogP contribution in [-0.4, -0.2) is 6.54 Å². The Kier molecular flexibility index (Phi) is 3.39. The molecule has 1 heteroatoms. The van der Waals surface area contributed by atoms with Gasteiger partial charge in [0.2, 0.25) is 0 Å². The highest BCUT2D eigenvalue weighted by molar-refractivity contribution is 5.54. The number of benzene rings is 2. The number of anilines is 1. The molecular weight excluding hydrogens is 182 g/mol. The zero-order valence-corrected chi connectivity index (χ0v) is 8.69. The molecule has 3 rings (SSSR count). The van der Waals surface area contributed by atoms with E-state index in [1.54, 1.807) is 0 Å². The second-order valence-corrected chi connectivity index (χ2v) is 3.49. The molecule has 76 valence electrons. The van der Waals surface area contributed by atoms with Gasteiger partial charge in [-0.2, -0.15) is 0 Å². The molecule has 2 aromatic carbocycles. The highest BCUT2D eigenvalue weighted by Crippen LogP contribution is 2.19. The van der Waals surface area contributed by atoms with E-state index in [-0.39, 0.29) is 0 Å². The molecule has 1 aliphatic heterocycles. The normalized spacial score (nSPS) is 12.0. The van der Waals surface area contributed by atoms with Gasteiger partial charge in [-0.3, -0.25) is 0 Å². The zero-order chi connectivity index (χ0) is 10.3. The van der Waals surface area contributed by atoms with Crippen molar-refractivity contribution >= 4 is 5.69 Å². The van der Waals surface area contributed by atoms with Gasteiger partial charge in [0.15, 0.2) is 0 Å². The van der Waals surface area contributed by atoms with Gasteiger partial charge >= 0.3 is 0 Å². The van der Waals surface area contributed by atoms with E-state index in [9.17, 15) is 0 Å². The molecule has 0 saturated heterocycles. The van der Waals surface area contributed by atoms with Gasteiger partial charge < -0.3 is 5.32 Å². The molecule has 0 atom stereocenters. The molecule has 0 aliphatic carbocycles. The first-order valence-corrected chi connectivity index (χ1v) is 5.28. The van der Waals surface area contributed by atoms with Gasteiger partial charge in [-0.25, -0.2) is 0 Å². The Hall–Kier alpha value is -1.76. The Morgan fingerprint density at radius 2 is 1.33 bits per heavy atom. The molecule has 1 heterocycles. The van der Waals surface area contributed by atoms with Crippen LogP contribution in [0.5, 0.6) is 0 Å². The average Bonchev–Trinajstić information content (AvgIpc) is 2.80. The molecule has 0 amide bonds. The van der Waals surface area contributed by atoms with Gasteiger partial charge in [0.25, 0.3) is 0 Å². The predicted molar refractivity (Wildman–Crippen MR) is 65.1 cm³/mol. The third-order valence-electron chi connectivity index (χ3n) is 2.39. The Labute approximate surface area is 90.8 Å². The largest absolute Gasteiger partial charge is 0.384 e.